The standard InChI is InChI=1S/C10H16O2/c1-4-6-10(7-8(10)3)12-9(11)5-2/h5,8H,2,4,6-7H2,1,3H3. The van der Waals surface area contributed by atoms with Crippen molar-refractivity contribution in [3.8, 4) is 0 Å². The maximum absolute atomic E-state index is 10.9. The van der Waals surface area contributed by atoms with E-state index in [0.29, 0.717) is 5.92 Å². The first kappa shape index (κ1) is 9.30. The molecule has 0 radical (unpaired) electrons. The molecule has 0 aromatic heterocycles. The van der Waals surface area contributed by atoms with Gasteiger partial charge in [-0.3, -0.25) is 0 Å². The summed E-state index contributed by atoms with van der Waals surface area (Å²) in [6.45, 7) is 7.61. The fourth-order valence-electron chi connectivity index (χ4n) is 1.67. The smallest absolute Gasteiger partial charge is 0.330 e. The maximum Gasteiger partial charge on any atom is 0.330 e. The molecular formula is C10H16O2. The third-order valence-corrected chi connectivity index (χ3v) is 2.53. The van der Waals surface area contributed by atoms with Gasteiger partial charge in [0, 0.05) is 6.08 Å². The zero-order chi connectivity index (χ0) is 9.19. The number of hydrogen-bond donors (Lipinski definition) is 0. The van der Waals surface area contributed by atoms with E-state index in [9.17, 15) is 4.79 Å². The average molecular weight is 168 g/mol. The largest absolute Gasteiger partial charge is 0.456 e. The molecule has 2 unspecified atom stereocenters. The van der Waals surface area contributed by atoms with E-state index in [1.54, 1.807) is 0 Å². The second-order valence-corrected chi connectivity index (χ2v) is 3.55. The molecule has 0 amide bonds. The monoisotopic (exact) mass is 168 g/mol. The number of carbonyl (C=O) groups excluding carboxylic acids is 1. The lowest BCUT2D eigenvalue weighted by Crippen LogP contribution is -2.20. The van der Waals surface area contributed by atoms with Crippen molar-refractivity contribution in [2.24, 2.45) is 5.92 Å². The summed E-state index contributed by atoms with van der Waals surface area (Å²) < 4.78 is 5.29. The highest BCUT2D eigenvalue weighted by molar-refractivity contribution is 5.81. The van der Waals surface area contributed by atoms with Crippen LogP contribution in [-0.4, -0.2) is 11.6 Å². The van der Waals surface area contributed by atoms with E-state index in [2.05, 4.69) is 20.4 Å². The molecule has 1 aliphatic carbocycles. The Bertz CT molecular complexity index is 198. The Labute approximate surface area is 73.6 Å². The molecule has 0 aliphatic heterocycles. The van der Waals surface area contributed by atoms with E-state index >= 15 is 0 Å². The van der Waals surface area contributed by atoms with Gasteiger partial charge in [-0.25, -0.2) is 4.79 Å². The number of esters is 1. The minimum atomic E-state index is -0.284. The first-order valence-corrected chi connectivity index (χ1v) is 4.50. The summed E-state index contributed by atoms with van der Waals surface area (Å²) >= 11 is 0. The van der Waals surface area contributed by atoms with Gasteiger partial charge in [0.25, 0.3) is 0 Å². The molecule has 2 atom stereocenters. The molecule has 0 aromatic carbocycles. The van der Waals surface area contributed by atoms with E-state index in [0.717, 1.165) is 19.3 Å². The molecule has 0 spiro atoms. The highest BCUT2D eigenvalue weighted by Gasteiger charge is 2.53. The van der Waals surface area contributed by atoms with E-state index < -0.39 is 0 Å². The summed E-state index contributed by atoms with van der Waals surface area (Å²) in [5.74, 6) is 0.245. The van der Waals surface area contributed by atoms with Crippen LogP contribution in [0.15, 0.2) is 12.7 Å². The Morgan fingerprint density at radius 3 is 2.75 bits per heavy atom. The fourth-order valence-corrected chi connectivity index (χ4v) is 1.67. The second-order valence-electron chi connectivity index (χ2n) is 3.55. The van der Waals surface area contributed by atoms with Crippen molar-refractivity contribution in [3.05, 3.63) is 12.7 Å². The lowest BCUT2D eigenvalue weighted by molar-refractivity contribution is -0.146. The first-order valence-electron chi connectivity index (χ1n) is 4.50. The summed E-state index contributed by atoms with van der Waals surface area (Å²) in [7, 11) is 0. The molecule has 0 aromatic rings. The van der Waals surface area contributed by atoms with E-state index in [-0.39, 0.29) is 11.6 Å². The van der Waals surface area contributed by atoms with Crippen molar-refractivity contribution in [2.75, 3.05) is 0 Å². The summed E-state index contributed by atoms with van der Waals surface area (Å²) in [5, 5.41) is 0. The van der Waals surface area contributed by atoms with Crippen LogP contribution >= 0.6 is 0 Å². The third kappa shape index (κ3) is 1.68. The van der Waals surface area contributed by atoms with Gasteiger partial charge in [0.1, 0.15) is 5.60 Å². The average Bonchev–Trinajstić information content (AvgIpc) is 2.62. The van der Waals surface area contributed by atoms with Gasteiger partial charge in [-0.05, 0) is 18.8 Å². The fraction of sp³-hybridized carbons (Fsp3) is 0.700. The topological polar surface area (TPSA) is 26.3 Å². The number of rotatable bonds is 4. The zero-order valence-electron chi connectivity index (χ0n) is 7.80. The Balaban J connectivity index is 2.47. The van der Waals surface area contributed by atoms with Crippen molar-refractivity contribution < 1.29 is 9.53 Å². The highest BCUT2D eigenvalue weighted by atomic mass is 16.6. The summed E-state index contributed by atoms with van der Waals surface area (Å²) in [5.41, 5.74) is -0.139. The summed E-state index contributed by atoms with van der Waals surface area (Å²) in [4.78, 5) is 10.9. The Hall–Kier alpha value is -0.790. The number of hydrogen-bond acceptors (Lipinski definition) is 2. The van der Waals surface area contributed by atoms with Gasteiger partial charge in [0.2, 0.25) is 0 Å². The molecule has 1 aliphatic rings. The van der Waals surface area contributed by atoms with Crippen molar-refractivity contribution in [1.29, 1.82) is 0 Å². The molecule has 68 valence electrons. The van der Waals surface area contributed by atoms with Crippen LogP contribution in [0.4, 0.5) is 0 Å². The molecule has 1 rings (SSSR count). The molecule has 0 N–H and O–H groups in total. The second kappa shape index (κ2) is 3.30. The van der Waals surface area contributed by atoms with Crippen molar-refractivity contribution in [2.45, 2.75) is 38.7 Å². The lowest BCUT2D eigenvalue weighted by atomic mass is 10.1. The first-order chi connectivity index (χ1) is 5.64. The molecule has 2 heteroatoms. The van der Waals surface area contributed by atoms with Gasteiger partial charge in [-0.2, -0.15) is 0 Å². The lowest BCUT2D eigenvalue weighted by Gasteiger charge is -2.15. The van der Waals surface area contributed by atoms with Crippen LogP contribution in [0.3, 0.4) is 0 Å². The van der Waals surface area contributed by atoms with Gasteiger partial charge in [0.05, 0.1) is 0 Å². The minimum absolute atomic E-state index is 0.139. The van der Waals surface area contributed by atoms with Gasteiger partial charge >= 0.3 is 5.97 Å². The third-order valence-electron chi connectivity index (χ3n) is 2.53. The Morgan fingerprint density at radius 2 is 2.42 bits per heavy atom. The van der Waals surface area contributed by atoms with Crippen LogP contribution < -0.4 is 0 Å². The molecule has 0 bridgehead atoms. The molecule has 0 heterocycles. The number of carbonyl (C=O) groups is 1. The molecule has 2 nitrogen and oxygen atoms in total. The summed E-state index contributed by atoms with van der Waals surface area (Å²) in [6.07, 6.45) is 4.30. The van der Waals surface area contributed by atoms with Crippen LogP contribution in [0.2, 0.25) is 0 Å². The molecule has 12 heavy (non-hydrogen) atoms. The van der Waals surface area contributed by atoms with E-state index in [1.165, 1.54) is 6.08 Å². The van der Waals surface area contributed by atoms with Crippen LogP contribution in [0, 0.1) is 5.92 Å². The molecule has 0 saturated heterocycles. The maximum atomic E-state index is 10.9. The Kier molecular flexibility index (Phi) is 2.55. The molecule has 1 fully saturated rings. The highest BCUT2D eigenvalue weighted by Crippen LogP contribution is 2.49. The van der Waals surface area contributed by atoms with Crippen LogP contribution in [0.25, 0.3) is 0 Å². The van der Waals surface area contributed by atoms with Crippen LogP contribution in [-0.2, 0) is 9.53 Å². The SMILES string of the molecule is C=CC(=O)OC1(CCC)CC1C. The predicted molar refractivity (Wildman–Crippen MR) is 47.7 cm³/mol. The molecule has 1 saturated carbocycles. The number of ether oxygens (including phenoxy) is 1. The quantitative estimate of drug-likeness (QED) is 0.475. The normalized spacial score (nSPS) is 32.7. The van der Waals surface area contributed by atoms with Crippen LogP contribution in [0.5, 0.6) is 0 Å². The van der Waals surface area contributed by atoms with Gasteiger partial charge in [-0.1, -0.05) is 26.8 Å². The minimum Gasteiger partial charge on any atom is -0.456 e. The summed E-state index contributed by atoms with van der Waals surface area (Å²) in [6, 6.07) is 0. The van der Waals surface area contributed by atoms with Gasteiger partial charge in [-0.15, -0.1) is 0 Å². The van der Waals surface area contributed by atoms with Crippen molar-refractivity contribution in [1.82, 2.24) is 0 Å². The van der Waals surface area contributed by atoms with Gasteiger partial charge in [0.15, 0.2) is 0 Å². The van der Waals surface area contributed by atoms with Crippen LogP contribution in [0.1, 0.15) is 33.1 Å². The van der Waals surface area contributed by atoms with E-state index in [4.69, 9.17) is 4.74 Å². The van der Waals surface area contributed by atoms with E-state index in [1.807, 2.05) is 0 Å². The molecular weight excluding hydrogens is 152 g/mol. The zero-order valence-corrected chi connectivity index (χ0v) is 7.80. The van der Waals surface area contributed by atoms with Gasteiger partial charge < -0.3 is 4.74 Å². The Morgan fingerprint density at radius 1 is 1.83 bits per heavy atom. The van der Waals surface area contributed by atoms with Crippen molar-refractivity contribution in [3.63, 3.8) is 0 Å². The predicted octanol–water partition coefficient (Wildman–Crippen LogP) is 2.29. The van der Waals surface area contributed by atoms with Crippen molar-refractivity contribution >= 4 is 5.97 Å².